The Morgan fingerprint density at radius 2 is 0.920 bits per heavy atom. The maximum atomic E-state index is 6.36. The largest absolute Gasteiger partial charge is 0.456 e. The lowest BCUT2D eigenvalue weighted by molar-refractivity contribution is 0.669. The van der Waals surface area contributed by atoms with Gasteiger partial charge >= 0.3 is 0 Å². The molecule has 0 bridgehead atoms. The number of rotatable bonds is 4. The third kappa shape index (κ3) is 4.32. The van der Waals surface area contributed by atoms with Crippen molar-refractivity contribution in [3.63, 3.8) is 0 Å². The van der Waals surface area contributed by atoms with E-state index in [2.05, 4.69) is 157 Å². The molecule has 0 aliphatic rings. The number of hydrogen-bond donors (Lipinski definition) is 0. The van der Waals surface area contributed by atoms with E-state index >= 15 is 0 Å². The lowest BCUT2D eigenvalue weighted by Crippen LogP contribution is -2.09. The van der Waals surface area contributed by atoms with Crippen LogP contribution in [0.25, 0.3) is 84.2 Å². The van der Waals surface area contributed by atoms with E-state index in [0.29, 0.717) is 0 Å². The summed E-state index contributed by atoms with van der Waals surface area (Å²) < 4.78 is 11.6. The quantitative estimate of drug-likeness (QED) is 0.185. The first-order chi connectivity index (χ1) is 24.7. The monoisotopic (exact) mass is 673 g/mol. The van der Waals surface area contributed by atoms with Gasteiger partial charge < -0.3 is 9.32 Å². The van der Waals surface area contributed by atoms with E-state index < -0.39 is 0 Å². The highest BCUT2D eigenvalue weighted by Gasteiger charge is 2.17. The zero-order valence-corrected chi connectivity index (χ0v) is 28.4. The predicted molar refractivity (Wildman–Crippen MR) is 217 cm³/mol. The number of benzene rings is 8. The van der Waals surface area contributed by atoms with Gasteiger partial charge in [0, 0.05) is 74.2 Å². The normalized spacial score (nSPS) is 12.0. The van der Waals surface area contributed by atoms with Crippen molar-refractivity contribution in [1.29, 1.82) is 0 Å². The van der Waals surface area contributed by atoms with E-state index in [9.17, 15) is 0 Å². The highest BCUT2D eigenvalue weighted by molar-refractivity contribution is 7.26. The average Bonchev–Trinajstić information content (AvgIpc) is 3.84. The number of fused-ring (bicyclic) bond motifs is 10. The predicted octanol–water partition coefficient (Wildman–Crippen LogP) is 14.6. The van der Waals surface area contributed by atoms with Gasteiger partial charge in [0.05, 0.1) is 0 Å². The van der Waals surface area contributed by atoms with Crippen molar-refractivity contribution in [3.8, 4) is 11.1 Å². The average molecular weight is 674 g/mol. The summed E-state index contributed by atoms with van der Waals surface area (Å²) in [6.07, 6.45) is 0. The second-order valence-corrected chi connectivity index (χ2v) is 15.1. The van der Waals surface area contributed by atoms with Crippen LogP contribution in [0.4, 0.5) is 17.1 Å². The Kier molecular flexibility index (Phi) is 6.03. The van der Waals surface area contributed by atoms with E-state index in [1.165, 1.54) is 62.2 Å². The number of para-hydroxylation sites is 1. The highest BCUT2D eigenvalue weighted by atomic mass is 32.1. The van der Waals surface area contributed by atoms with Crippen LogP contribution in [-0.2, 0) is 0 Å². The molecule has 0 spiro atoms. The minimum absolute atomic E-state index is 0.886. The summed E-state index contributed by atoms with van der Waals surface area (Å²) in [4.78, 5) is 2.35. The fourth-order valence-corrected chi connectivity index (χ4v) is 9.88. The SMILES string of the molecule is c1ccc2c(c1)oc1cc(N(c3ccc(-c4ccc5cc6sc7ccccc7c6cc5c4)cc3)c3ccc4c(c3)sc3ccccc34)ccc12. The van der Waals surface area contributed by atoms with E-state index in [4.69, 9.17) is 4.42 Å². The maximum Gasteiger partial charge on any atom is 0.137 e. The molecule has 0 saturated carbocycles. The van der Waals surface area contributed by atoms with Crippen LogP contribution >= 0.6 is 22.7 Å². The summed E-state index contributed by atoms with van der Waals surface area (Å²) in [6.45, 7) is 0. The molecule has 0 aliphatic heterocycles. The Morgan fingerprint density at radius 1 is 0.340 bits per heavy atom. The van der Waals surface area contributed by atoms with Crippen molar-refractivity contribution in [2.75, 3.05) is 4.90 Å². The van der Waals surface area contributed by atoms with Gasteiger partial charge in [-0.05, 0) is 94.7 Å². The molecule has 4 heteroatoms. The highest BCUT2D eigenvalue weighted by Crippen LogP contribution is 2.43. The van der Waals surface area contributed by atoms with Crippen molar-refractivity contribution in [1.82, 2.24) is 0 Å². The first-order valence-corrected chi connectivity index (χ1v) is 18.5. The molecule has 11 rings (SSSR count). The van der Waals surface area contributed by atoms with E-state index in [-0.39, 0.29) is 0 Å². The molecule has 50 heavy (non-hydrogen) atoms. The van der Waals surface area contributed by atoms with Crippen LogP contribution < -0.4 is 4.90 Å². The Morgan fingerprint density at radius 3 is 1.72 bits per heavy atom. The lowest BCUT2D eigenvalue weighted by Gasteiger charge is -2.26. The van der Waals surface area contributed by atoms with Gasteiger partial charge in [0.15, 0.2) is 0 Å². The summed E-state index contributed by atoms with van der Waals surface area (Å²) in [5.41, 5.74) is 7.47. The smallest absolute Gasteiger partial charge is 0.137 e. The van der Waals surface area contributed by atoms with E-state index in [1.54, 1.807) is 0 Å². The molecule has 234 valence electrons. The molecule has 8 aromatic carbocycles. The molecule has 0 saturated heterocycles. The number of nitrogens with zero attached hydrogens (tertiary/aromatic N) is 1. The van der Waals surface area contributed by atoms with Crippen LogP contribution in [0.1, 0.15) is 0 Å². The second-order valence-electron chi connectivity index (χ2n) is 12.9. The molecule has 2 nitrogen and oxygen atoms in total. The molecule has 0 fully saturated rings. The molecule has 3 heterocycles. The molecule has 3 aromatic heterocycles. The molecule has 0 unspecified atom stereocenters. The van der Waals surface area contributed by atoms with Gasteiger partial charge in [0.1, 0.15) is 11.2 Å². The zero-order valence-electron chi connectivity index (χ0n) is 26.8. The number of anilines is 3. The van der Waals surface area contributed by atoms with Gasteiger partial charge in [-0.15, -0.1) is 22.7 Å². The van der Waals surface area contributed by atoms with Gasteiger partial charge in [0.25, 0.3) is 0 Å². The lowest BCUT2D eigenvalue weighted by atomic mass is 9.99. The summed E-state index contributed by atoms with van der Waals surface area (Å²) in [6, 6.07) is 59.6. The van der Waals surface area contributed by atoms with Crippen LogP contribution in [0, 0.1) is 0 Å². The van der Waals surface area contributed by atoms with Gasteiger partial charge in [-0.1, -0.05) is 84.9 Å². The number of furan rings is 1. The van der Waals surface area contributed by atoms with E-state index in [1.807, 2.05) is 34.8 Å². The van der Waals surface area contributed by atoms with Crippen LogP contribution in [0.5, 0.6) is 0 Å². The first-order valence-electron chi connectivity index (χ1n) is 16.8. The molecule has 0 N–H and O–H groups in total. The van der Waals surface area contributed by atoms with Gasteiger partial charge in [0.2, 0.25) is 0 Å². The van der Waals surface area contributed by atoms with Crippen molar-refractivity contribution in [2.24, 2.45) is 0 Å². The van der Waals surface area contributed by atoms with Crippen LogP contribution in [0.2, 0.25) is 0 Å². The third-order valence-electron chi connectivity index (χ3n) is 10.0. The molecule has 0 radical (unpaired) electrons. The van der Waals surface area contributed by atoms with Crippen molar-refractivity contribution in [3.05, 3.63) is 164 Å². The zero-order chi connectivity index (χ0) is 32.8. The summed E-state index contributed by atoms with van der Waals surface area (Å²) in [7, 11) is 0. The van der Waals surface area contributed by atoms with Gasteiger partial charge in [-0.2, -0.15) is 0 Å². The molecular formula is C46H27NOS2. The number of hydrogen-bond acceptors (Lipinski definition) is 4. The minimum atomic E-state index is 0.886. The van der Waals surface area contributed by atoms with Crippen LogP contribution in [-0.4, -0.2) is 0 Å². The Bertz CT molecular complexity index is 2990. The second kappa shape index (κ2) is 10.8. The van der Waals surface area contributed by atoms with Gasteiger partial charge in [-0.25, -0.2) is 0 Å². The Labute approximate surface area is 295 Å². The van der Waals surface area contributed by atoms with Crippen LogP contribution in [0.15, 0.2) is 168 Å². The molecular weight excluding hydrogens is 647 g/mol. The first kappa shape index (κ1) is 28.0. The fourth-order valence-electron chi connectivity index (χ4n) is 7.61. The third-order valence-corrected chi connectivity index (χ3v) is 12.3. The standard InChI is InChI=1S/C46H27NOS2/c1-4-10-41-35(7-1)36-21-19-33(26-42(36)48-41)47(34-20-22-39-37-8-2-5-11-43(37)50-46(39)27-34)32-17-15-28(16-18-32)29-13-14-30-25-45-40(24-31(30)23-29)38-9-3-6-12-44(38)49-45/h1-27H. The summed E-state index contributed by atoms with van der Waals surface area (Å²) in [5, 5.41) is 10.1. The molecule has 0 atom stereocenters. The van der Waals surface area contributed by atoms with Crippen molar-refractivity contribution < 1.29 is 4.42 Å². The van der Waals surface area contributed by atoms with Crippen molar-refractivity contribution in [2.45, 2.75) is 0 Å². The fraction of sp³-hybridized carbons (Fsp3) is 0. The number of thiophene rings is 2. The molecule has 11 aromatic rings. The van der Waals surface area contributed by atoms with Crippen molar-refractivity contribution >= 4 is 113 Å². The van der Waals surface area contributed by atoms with Gasteiger partial charge in [-0.3, -0.25) is 0 Å². The molecule has 0 aliphatic carbocycles. The van der Waals surface area contributed by atoms with Crippen LogP contribution in [0.3, 0.4) is 0 Å². The Balaban J connectivity index is 1.04. The molecule has 0 amide bonds. The maximum absolute atomic E-state index is 6.36. The topological polar surface area (TPSA) is 16.4 Å². The Hall–Kier alpha value is -5.94. The summed E-state index contributed by atoms with van der Waals surface area (Å²) >= 11 is 3.72. The summed E-state index contributed by atoms with van der Waals surface area (Å²) in [5.74, 6) is 0. The minimum Gasteiger partial charge on any atom is -0.456 e. The van der Waals surface area contributed by atoms with E-state index in [0.717, 1.165) is 39.0 Å².